The number of nitrogens with two attached hydrogens (primary N) is 1. The van der Waals surface area contributed by atoms with Crippen molar-refractivity contribution in [2.75, 3.05) is 6.61 Å². The Balaban J connectivity index is 2.55. The monoisotopic (exact) mass is 190 g/mol. The molecule has 0 aliphatic rings. The van der Waals surface area contributed by atoms with E-state index in [1.54, 1.807) is 0 Å². The lowest BCUT2D eigenvalue weighted by atomic mass is 10.2. The summed E-state index contributed by atoms with van der Waals surface area (Å²) in [6.45, 7) is 2.32. The normalized spacial score (nSPS) is 11.8. The summed E-state index contributed by atoms with van der Waals surface area (Å²) in [6, 6.07) is 9.16. The second kappa shape index (κ2) is 5.25. The molecule has 0 spiro atoms. The molecule has 3 nitrogen and oxygen atoms in total. The summed E-state index contributed by atoms with van der Waals surface area (Å²) in [4.78, 5) is 0. The van der Waals surface area contributed by atoms with Gasteiger partial charge in [0.1, 0.15) is 18.4 Å². The van der Waals surface area contributed by atoms with Crippen LogP contribution in [0.5, 0.6) is 5.75 Å². The van der Waals surface area contributed by atoms with Gasteiger partial charge in [-0.05, 0) is 24.1 Å². The molecule has 0 bridgehead atoms. The molecule has 1 aromatic rings. The number of benzene rings is 1. The highest BCUT2D eigenvalue weighted by molar-refractivity contribution is 5.28. The smallest absolute Gasteiger partial charge is 0.127 e. The lowest BCUT2D eigenvalue weighted by Gasteiger charge is -2.07. The standard InChI is InChI=1S/C11H14N2O/c1-2-9-4-3-5-11(6-9)14-8-10(13)7-12/h3-6,10H,2,8,13H2,1H3. The highest BCUT2D eigenvalue weighted by Crippen LogP contribution is 2.13. The molecule has 0 aliphatic carbocycles. The molecule has 1 aromatic carbocycles. The fourth-order valence-corrected chi connectivity index (χ4v) is 1.08. The van der Waals surface area contributed by atoms with Crippen LogP contribution in [0.2, 0.25) is 0 Å². The van der Waals surface area contributed by atoms with Crippen molar-refractivity contribution >= 4 is 0 Å². The average molecular weight is 190 g/mol. The second-order valence-electron chi connectivity index (χ2n) is 3.05. The largest absolute Gasteiger partial charge is 0.491 e. The zero-order valence-electron chi connectivity index (χ0n) is 8.23. The van der Waals surface area contributed by atoms with Crippen LogP contribution < -0.4 is 10.5 Å². The van der Waals surface area contributed by atoms with Gasteiger partial charge in [0.15, 0.2) is 0 Å². The van der Waals surface area contributed by atoms with Crippen molar-refractivity contribution < 1.29 is 4.74 Å². The van der Waals surface area contributed by atoms with Gasteiger partial charge in [-0.2, -0.15) is 5.26 Å². The van der Waals surface area contributed by atoms with Crippen molar-refractivity contribution in [2.45, 2.75) is 19.4 Å². The molecular weight excluding hydrogens is 176 g/mol. The number of hydrogen-bond donors (Lipinski definition) is 1. The number of ether oxygens (including phenoxy) is 1. The van der Waals surface area contributed by atoms with Crippen molar-refractivity contribution in [3.05, 3.63) is 29.8 Å². The van der Waals surface area contributed by atoms with E-state index in [0.29, 0.717) is 0 Å². The predicted octanol–water partition coefficient (Wildman–Crippen LogP) is 1.48. The Morgan fingerprint density at radius 2 is 2.36 bits per heavy atom. The molecule has 3 heteroatoms. The number of hydrogen-bond acceptors (Lipinski definition) is 3. The van der Waals surface area contributed by atoms with Crippen molar-refractivity contribution in [1.29, 1.82) is 5.26 Å². The lowest BCUT2D eigenvalue weighted by Crippen LogP contribution is -2.25. The molecule has 74 valence electrons. The molecule has 0 fully saturated rings. The Morgan fingerprint density at radius 3 is 3.00 bits per heavy atom. The summed E-state index contributed by atoms with van der Waals surface area (Å²) in [7, 11) is 0. The first kappa shape index (κ1) is 10.6. The van der Waals surface area contributed by atoms with Crippen LogP contribution in [0, 0.1) is 11.3 Å². The van der Waals surface area contributed by atoms with E-state index in [-0.39, 0.29) is 6.61 Å². The van der Waals surface area contributed by atoms with Gasteiger partial charge in [-0.3, -0.25) is 0 Å². The fourth-order valence-electron chi connectivity index (χ4n) is 1.08. The van der Waals surface area contributed by atoms with E-state index in [4.69, 9.17) is 15.7 Å². The molecule has 1 rings (SSSR count). The SMILES string of the molecule is CCc1cccc(OCC(N)C#N)c1. The molecule has 1 atom stereocenters. The Hall–Kier alpha value is -1.53. The minimum Gasteiger partial charge on any atom is -0.491 e. The van der Waals surface area contributed by atoms with Gasteiger partial charge in [-0.15, -0.1) is 0 Å². The Labute approximate surface area is 84.1 Å². The average Bonchev–Trinajstić information content (AvgIpc) is 2.26. The maximum Gasteiger partial charge on any atom is 0.127 e. The number of nitriles is 1. The number of nitrogens with zero attached hydrogens (tertiary/aromatic N) is 1. The summed E-state index contributed by atoms with van der Waals surface area (Å²) in [5, 5.41) is 8.46. The minimum absolute atomic E-state index is 0.240. The highest BCUT2D eigenvalue weighted by atomic mass is 16.5. The molecule has 0 heterocycles. The third kappa shape index (κ3) is 3.08. The van der Waals surface area contributed by atoms with Gasteiger partial charge in [-0.1, -0.05) is 19.1 Å². The maximum atomic E-state index is 8.46. The summed E-state index contributed by atoms with van der Waals surface area (Å²) < 4.78 is 5.35. The Kier molecular flexibility index (Phi) is 3.96. The second-order valence-corrected chi connectivity index (χ2v) is 3.05. The van der Waals surface area contributed by atoms with Crippen LogP contribution in [0.3, 0.4) is 0 Å². The Morgan fingerprint density at radius 1 is 1.57 bits per heavy atom. The van der Waals surface area contributed by atoms with Crippen LogP contribution in [0.15, 0.2) is 24.3 Å². The van der Waals surface area contributed by atoms with E-state index in [1.165, 1.54) is 5.56 Å². The van der Waals surface area contributed by atoms with Crippen LogP contribution >= 0.6 is 0 Å². The molecular formula is C11H14N2O. The quantitative estimate of drug-likeness (QED) is 0.782. The van der Waals surface area contributed by atoms with Crippen LogP contribution in [0.25, 0.3) is 0 Å². The molecule has 2 N–H and O–H groups in total. The van der Waals surface area contributed by atoms with Gasteiger partial charge in [-0.25, -0.2) is 0 Å². The maximum absolute atomic E-state index is 8.46. The summed E-state index contributed by atoms with van der Waals surface area (Å²) in [6.07, 6.45) is 0.974. The molecule has 0 aromatic heterocycles. The molecule has 0 aliphatic heterocycles. The van der Waals surface area contributed by atoms with Crippen LogP contribution in [-0.2, 0) is 6.42 Å². The summed E-state index contributed by atoms with van der Waals surface area (Å²) >= 11 is 0. The van der Waals surface area contributed by atoms with Gasteiger partial charge in [0.05, 0.1) is 6.07 Å². The van der Waals surface area contributed by atoms with Crippen LogP contribution in [0.4, 0.5) is 0 Å². The molecule has 0 saturated heterocycles. The van der Waals surface area contributed by atoms with E-state index in [2.05, 4.69) is 6.92 Å². The van der Waals surface area contributed by atoms with E-state index >= 15 is 0 Å². The first-order chi connectivity index (χ1) is 6.76. The first-order valence-corrected chi connectivity index (χ1v) is 4.63. The van der Waals surface area contributed by atoms with E-state index in [1.807, 2.05) is 30.3 Å². The molecule has 0 radical (unpaired) electrons. The lowest BCUT2D eigenvalue weighted by molar-refractivity contribution is 0.308. The zero-order valence-corrected chi connectivity index (χ0v) is 8.23. The number of rotatable bonds is 4. The Bertz CT molecular complexity index is 330. The summed E-state index contributed by atoms with van der Waals surface area (Å²) in [5.41, 5.74) is 6.62. The van der Waals surface area contributed by atoms with E-state index in [9.17, 15) is 0 Å². The van der Waals surface area contributed by atoms with Crippen molar-refractivity contribution in [3.63, 3.8) is 0 Å². The molecule has 14 heavy (non-hydrogen) atoms. The fraction of sp³-hybridized carbons (Fsp3) is 0.364. The van der Waals surface area contributed by atoms with E-state index < -0.39 is 6.04 Å². The summed E-state index contributed by atoms with van der Waals surface area (Å²) in [5.74, 6) is 0.773. The van der Waals surface area contributed by atoms with Crippen LogP contribution in [-0.4, -0.2) is 12.6 Å². The van der Waals surface area contributed by atoms with Gasteiger partial charge in [0, 0.05) is 0 Å². The third-order valence-corrected chi connectivity index (χ3v) is 1.90. The third-order valence-electron chi connectivity index (χ3n) is 1.90. The zero-order chi connectivity index (χ0) is 10.4. The minimum atomic E-state index is -0.555. The van der Waals surface area contributed by atoms with Gasteiger partial charge >= 0.3 is 0 Å². The molecule has 1 unspecified atom stereocenters. The molecule has 0 saturated carbocycles. The predicted molar refractivity (Wildman–Crippen MR) is 54.9 cm³/mol. The van der Waals surface area contributed by atoms with Gasteiger partial charge in [0.2, 0.25) is 0 Å². The van der Waals surface area contributed by atoms with Gasteiger partial charge in [0.25, 0.3) is 0 Å². The van der Waals surface area contributed by atoms with E-state index in [0.717, 1.165) is 12.2 Å². The molecule has 0 amide bonds. The number of aryl methyl sites for hydroxylation is 1. The van der Waals surface area contributed by atoms with Crippen molar-refractivity contribution in [2.24, 2.45) is 5.73 Å². The van der Waals surface area contributed by atoms with Crippen molar-refractivity contribution in [1.82, 2.24) is 0 Å². The van der Waals surface area contributed by atoms with Crippen LogP contribution in [0.1, 0.15) is 12.5 Å². The first-order valence-electron chi connectivity index (χ1n) is 4.63. The topological polar surface area (TPSA) is 59.0 Å². The van der Waals surface area contributed by atoms with Gasteiger partial charge < -0.3 is 10.5 Å². The highest BCUT2D eigenvalue weighted by Gasteiger charge is 2.01. The van der Waals surface area contributed by atoms with Crippen molar-refractivity contribution in [3.8, 4) is 11.8 Å².